The Morgan fingerprint density at radius 1 is 1.38 bits per heavy atom. The Hall–Kier alpha value is -0.980. The van der Waals surface area contributed by atoms with E-state index in [4.69, 9.17) is 11.6 Å². The number of anilines is 1. The first kappa shape index (κ1) is 16.4. The molecule has 21 heavy (non-hydrogen) atoms. The fourth-order valence-corrected chi connectivity index (χ4v) is 3.31. The van der Waals surface area contributed by atoms with Gasteiger partial charge in [-0.05, 0) is 24.6 Å². The molecule has 0 spiro atoms. The first-order chi connectivity index (χ1) is 10.1. The van der Waals surface area contributed by atoms with Crippen LogP contribution >= 0.6 is 38.9 Å². The van der Waals surface area contributed by atoms with Crippen molar-refractivity contribution in [3.05, 3.63) is 38.3 Å². The highest BCUT2D eigenvalue weighted by Crippen LogP contribution is 2.23. The van der Waals surface area contributed by atoms with Gasteiger partial charge in [0, 0.05) is 10.9 Å². The smallest absolute Gasteiger partial charge is 0.259 e. The molecule has 0 aliphatic carbocycles. The predicted octanol–water partition coefficient (Wildman–Crippen LogP) is 4.94. The van der Waals surface area contributed by atoms with Gasteiger partial charge in [0.05, 0.1) is 10.6 Å². The van der Waals surface area contributed by atoms with Gasteiger partial charge in [-0.2, -0.15) is 0 Å². The van der Waals surface area contributed by atoms with Gasteiger partial charge in [-0.3, -0.25) is 10.1 Å². The lowest BCUT2D eigenvalue weighted by Crippen LogP contribution is -2.12. The van der Waals surface area contributed by atoms with Crippen molar-refractivity contribution in [3.63, 3.8) is 0 Å². The molecule has 0 fully saturated rings. The average molecular weight is 389 g/mol. The van der Waals surface area contributed by atoms with E-state index in [-0.39, 0.29) is 5.91 Å². The van der Waals surface area contributed by atoms with Crippen molar-refractivity contribution in [2.75, 3.05) is 5.32 Å². The maximum Gasteiger partial charge on any atom is 0.259 e. The molecule has 0 radical (unpaired) electrons. The largest absolute Gasteiger partial charge is 0.296 e. The molecule has 0 saturated heterocycles. The molecule has 1 heterocycles. The van der Waals surface area contributed by atoms with Gasteiger partial charge in [0.2, 0.25) is 5.13 Å². The molecule has 112 valence electrons. The third kappa shape index (κ3) is 4.76. The van der Waals surface area contributed by atoms with Gasteiger partial charge < -0.3 is 0 Å². The number of aryl methyl sites for hydroxylation is 1. The van der Waals surface area contributed by atoms with Crippen LogP contribution in [0.3, 0.4) is 0 Å². The second-order valence-corrected chi connectivity index (χ2v) is 6.92. The topological polar surface area (TPSA) is 54.9 Å². The number of unbranched alkanes of at least 4 members (excludes halogenated alkanes) is 2. The van der Waals surface area contributed by atoms with E-state index in [2.05, 4.69) is 38.4 Å². The Labute approximate surface area is 141 Å². The normalized spacial score (nSPS) is 10.6. The lowest BCUT2D eigenvalue weighted by atomic mass is 10.2. The van der Waals surface area contributed by atoms with Gasteiger partial charge in [0.1, 0.15) is 5.01 Å². The van der Waals surface area contributed by atoms with E-state index < -0.39 is 0 Å². The molecular formula is C14H15BrClN3OS. The van der Waals surface area contributed by atoms with E-state index in [0.29, 0.717) is 15.7 Å². The standard InChI is InChI=1S/C14H15BrClN3OS/c1-2-3-4-5-12-18-19-14(21-12)17-13(20)10-7-6-9(15)8-11(10)16/h6-8H,2-5H2,1H3,(H,17,19,20). The van der Waals surface area contributed by atoms with Crippen LogP contribution in [0.5, 0.6) is 0 Å². The van der Waals surface area contributed by atoms with Gasteiger partial charge in [0.25, 0.3) is 5.91 Å². The number of benzene rings is 1. The monoisotopic (exact) mass is 387 g/mol. The fourth-order valence-electron chi connectivity index (χ4n) is 1.77. The third-order valence-corrected chi connectivity index (χ3v) is 4.56. The summed E-state index contributed by atoms with van der Waals surface area (Å²) in [7, 11) is 0. The third-order valence-electron chi connectivity index (χ3n) is 2.86. The number of amides is 1. The van der Waals surface area contributed by atoms with Gasteiger partial charge in [-0.15, -0.1) is 10.2 Å². The van der Waals surface area contributed by atoms with E-state index in [1.165, 1.54) is 24.2 Å². The number of rotatable bonds is 6. The van der Waals surface area contributed by atoms with E-state index in [0.717, 1.165) is 22.3 Å². The molecule has 1 amide bonds. The fraction of sp³-hybridized carbons (Fsp3) is 0.357. The number of aromatic nitrogens is 2. The van der Waals surface area contributed by atoms with Gasteiger partial charge in [-0.25, -0.2) is 0 Å². The second kappa shape index (κ2) is 7.87. The van der Waals surface area contributed by atoms with E-state index >= 15 is 0 Å². The van der Waals surface area contributed by atoms with Gasteiger partial charge in [0.15, 0.2) is 0 Å². The molecule has 0 unspecified atom stereocenters. The summed E-state index contributed by atoms with van der Waals surface area (Å²) in [6.45, 7) is 2.16. The van der Waals surface area contributed by atoms with Crippen LogP contribution in [0, 0.1) is 0 Å². The van der Waals surface area contributed by atoms with Crippen molar-refractivity contribution in [3.8, 4) is 0 Å². The number of carbonyl (C=O) groups is 1. The van der Waals surface area contributed by atoms with Crippen LogP contribution < -0.4 is 5.32 Å². The first-order valence-corrected chi connectivity index (χ1v) is 8.67. The average Bonchev–Trinajstić information content (AvgIpc) is 2.86. The summed E-state index contributed by atoms with van der Waals surface area (Å²) in [5, 5.41) is 12.7. The van der Waals surface area contributed by atoms with E-state index in [1.54, 1.807) is 18.2 Å². The van der Waals surface area contributed by atoms with Crippen molar-refractivity contribution in [1.29, 1.82) is 0 Å². The minimum atomic E-state index is -0.274. The maximum absolute atomic E-state index is 12.1. The maximum atomic E-state index is 12.1. The zero-order valence-corrected chi connectivity index (χ0v) is 14.7. The summed E-state index contributed by atoms with van der Waals surface area (Å²) in [6.07, 6.45) is 4.35. The number of carbonyl (C=O) groups excluding carboxylic acids is 1. The Kier molecular flexibility index (Phi) is 6.14. The summed E-state index contributed by atoms with van der Waals surface area (Å²) < 4.78 is 0.832. The summed E-state index contributed by atoms with van der Waals surface area (Å²) in [5.74, 6) is -0.274. The molecule has 7 heteroatoms. The van der Waals surface area contributed by atoms with Crippen molar-refractivity contribution in [2.45, 2.75) is 32.6 Å². The number of hydrogen-bond acceptors (Lipinski definition) is 4. The Bertz CT molecular complexity index is 632. The molecule has 1 aromatic carbocycles. The van der Waals surface area contributed by atoms with E-state index in [1.807, 2.05) is 0 Å². The lowest BCUT2D eigenvalue weighted by molar-refractivity contribution is 0.102. The molecule has 0 aliphatic heterocycles. The highest BCUT2D eigenvalue weighted by atomic mass is 79.9. The molecule has 1 N–H and O–H groups in total. The van der Waals surface area contributed by atoms with Crippen molar-refractivity contribution in [2.24, 2.45) is 0 Å². The number of nitrogens with one attached hydrogen (secondary N) is 1. The van der Waals surface area contributed by atoms with Crippen molar-refractivity contribution < 1.29 is 4.79 Å². The Morgan fingerprint density at radius 3 is 2.90 bits per heavy atom. The number of hydrogen-bond donors (Lipinski definition) is 1. The number of halogens is 2. The minimum Gasteiger partial charge on any atom is -0.296 e. The Morgan fingerprint density at radius 2 is 2.19 bits per heavy atom. The molecule has 2 rings (SSSR count). The zero-order chi connectivity index (χ0) is 15.2. The highest BCUT2D eigenvalue weighted by molar-refractivity contribution is 9.10. The van der Waals surface area contributed by atoms with E-state index in [9.17, 15) is 4.79 Å². The van der Waals surface area contributed by atoms with Gasteiger partial charge in [-0.1, -0.05) is 58.6 Å². The van der Waals surface area contributed by atoms with Crippen molar-refractivity contribution >= 4 is 49.9 Å². The zero-order valence-electron chi connectivity index (χ0n) is 11.5. The van der Waals surface area contributed by atoms with Gasteiger partial charge >= 0.3 is 0 Å². The van der Waals surface area contributed by atoms with Crippen LogP contribution in [0.15, 0.2) is 22.7 Å². The summed E-state index contributed by atoms with van der Waals surface area (Å²) in [4.78, 5) is 12.1. The number of nitrogens with zero attached hydrogens (tertiary/aromatic N) is 2. The molecule has 1 aromatic heterocycles. The van der Waals surface area contributed by atoms with Crippen LogP contribution in [-0.2, 0) is 6.42 Å². The summed E-state index contributed by atoms with van der Waals surface area (Å²) in [5.41, 5.74) is 0.419. The molecule has 0 aliphatic rings. The molecule has 0 atom stereocenters. The predicted molar refractivity (Wildman–Crippen MR) is 90.2 cm³/mol. The quantitative estimate of drug-likeness (QED) is 0.713. The van der Waals surface area contributed by atoms with Crippen molar-refractivity contribution in [1.82, 2.24) is 10.2 Å². The molecular weight excluding hydrogens is 374 g/mol. The lowest BCUT2D eigenvalue weighted by Gasteiger charge is -2.03. The second-order valence-electron chi connectivity index (χ2n) is 4.54. The summed E-state index contributed by atoms with van der Waals surface area (Å²) in [6, 6.07) is 5.13. The van der Waals surface area contributed by atoms with Crippen LogP contribution in [0.4, 0.5) is 5.13 Å². The molecule has 0 bridgehead atoms. The minimum absolute atomic E-state index is 0.274. The summed E-state index contributed by atoms with van der Waals surface area (Å²) >= 11 is 10.8. The first-order valence-electron chi connectivity index (χ1n) is 6.69. The van der Waals surface area contributed by atoms with Crippen LogP contribution in [0.2, 0.25) is 5.02 Å². The van der Waals surface area contributed by atoms with Crippen LogP contribution in [0.1, 0.15) is 41.6 Å². The highest BCUT2D eigenvalue weighted by Gasteiger charge is 2.13. The molecule has 4 nitrogen and oxygen atoms in total. The van der Waals surface area contributed by atoms with Crippen LogP contribution in [0.25, 0.3) is 0 Å². The molecule has 2 aromatic rings. The van der Waals surface area contributed by atoms with Crippen LogP contribution in [-0.4, -0.2) is 16.1 Å². The SMILES string of the molecule is CCCCCc1nnc(NC(=O)c2ccc(Br)cc2Cl)s1. The Balaban J connectivity index is 1.99. The molecule has 0 saturated carbocycles.